The normalized spacial score (nSPS) is 31.6. The zero-order valence-corrected chi connectivity index (χ0v) is 11.4. The monoisotopic (exact) mass is 251 g/mol. The summed E-state index contributed by atoms with van der Waals surface area (Å²) in [7, 11) is 0. The number of carbonyl (C=O) groups is 1. The fourth-order valence-corrected chi connectivity index (χ4v) is 3.49. The van der Waals surface area contributed by atoms with Gasteiger partial charge in [-0.15, -0.1) is 0 Å². The molecule has 0 aromatic rings. The van der Waals surface area contributed by atoms with Crippen molar-refractivity contribution in [1.29, 1.82) is 0 Å². The van der Waals surface area contributed by atoms with Crippen LogP contribution in [0.3, 0.4) is 0 Å². The number of carbonyl (C=O) groups excluding carboxylic acids is 1. The van der Waals surface area contributed by atoms with E-state index >= 15 is 0 Å². The second kappa shape index (κ2) is 5.17. The fourth-order valence-electron chi connectivity index (χ4n) is 3.49. The van der Waals surface area contributed by atoms with E-state index in [4.69, 9.17) is 0 Å². The SMILES string of the molecule is CC(C1CC1)N1CCCC1C(=O)N1CCNCC1. The van der Waals surface area contributed by atoms with Crippen LogP contribution >= 0.6 is 0 Å². The number of amides is 1. The van der Waals surface area contributed by atoms with Gasteiger partial charge < -0.3 is 10.2 Å². The van der Waals surface area contributed by atoms with E-state index in [1.807, 2.05) is 0 Å². The van der Waals surface area contributed by atoms with Gasteiger partial charge in [0.1, 0.15) is 0 Å². The van der Waals surface area contributed by atoms with Gasteiger partial charge in [-0.2, -0.15) is 0 Å². The molecule has 0 spiro atoms. The fraction of sp³-hybridized carbons (Fsp3) is 0.929. The van der Waals surface area contributed by atoms with E-state index in [9.17, 15) is 4.79 Å². The molecule has 2 heterocycles. The first-order valence-electron chi connectivity index (χ1n) is 7.52. The molecule has 1 saturated carbocycles. The number of hydrogen-bond acceptors (Lipinski definition) is 3. The van der Waals surface area contributed by atoms with Crippen molar-refractivity contribution in [2.75, 3.05) is 32.7 Å². The summed E-state index contributed by atoms with van der Waals surface area (Å²) >= 11 is 0. The van der Waals surface area contributed by atoms with Crippen LogP contribution in [-0.2, 0) is 4.79 Å². The van der Waals surface area contributed by atoms with E-state index in [1.165, 1.54) is 19.3 Å². The predicted molar refractivity (Wildman–Crippen MR) is 71.4 cm³/mol. The van der Waals surface area contributed by atoms with E-state index in [0.717, 1.165) is 45.1 Å². The van der Waals surface area contributed by atoms with Gasteiger partial charge in [-0.1, -0.05) is 0 Å². The van der Waals surface area contributed by atoms with E-state index in [-0.39, 0.29) is 6.04 Å². The van der Waals surface area contributed by atoms with Crippen molar-refractivity contribution in [1.82, 2.24) is 15.1 Å². The molecule has 1 aliphatic carbocycles. The van der Waals surface area contributed by atoms with Crippen LogP contribution in [0.4, 0.5) is 0 Å². The molecule has 2 aliphatic heterocycles. The van der Waals surface area contributed by atoms with Gasteiger partial charge >= 0.3 is 0 Å². The van der Waals surface area contributed by atoms with Gasteiger partial charge in [0, 0.05) is 32.2 Å². The summed E-state index contributed by atoms with van der Waals surface area (Å²) in [5, 5.41) is 3.31. The Bertz CT molecular complexity index is 310. The Labute approximate surface area is 110 Å². The zero-order valence-electron chi connectivity index (χ0n) is 11.4. The average molecular weight is 251 g/mol. The summed E-state index contributed by atoms with van der Waals surface area (Å²) in [4.78, 5) is 17.2. The van der Waals surface area contributed by atoms with Gasteiger partial charge in [0.25, 0.3) is 0 Å². The molecule has 0 aromatic heterocycles. The number of hydrogen-bond donors (Lipinski definition) is 1. The topological polar surface area (TPSA) is 35.6 Å². The number of nitrogens with zero attached hydrogens (tertiary/aromatic N) is 2. The Morgan fingerprint density at radius 1 is 1.17 bits per heavy atom. The molecule has 102 valence electrons. The maximum Gasteiger partial charge on any atom is 0.240 e. The van der Waals surface area contributed by atoms with Crippen LogP contribution in [0.1, 0.15) is 32.6 Å². The summed E-state index contributed by atoms with van der Waals surface area (Å²) in [5.41, 5.74) is 0. The van der Waals surface area contributed by atoms with Gasteiger partial charge in [0.05, 0.1) is 6.04 Å². The molecule has 0 radical (unpaired) electrons. The molecule has 1 N–H and O–H groups in total. The van der Waals surface area contributed by atoms with Gasteiger partial charge in [-0.25, -0.2) is 0 Å². The van der Waals surface area contributed by atoms with Crippen molar-refractivity contribution in [2.45, 2.75) is 44.7 Å². The van der Waals surface area contributed by atoms with Gasteiger partial charge in [-0.05, 0) is 45.1 Å². The first kappa shape index (κ1) is 12.4. The van der Waals surface area contributed by atoms with Crippen LogP contribution in [0, 0.1) is 5.92 Å². The highest BCUT2D eigenvalue weighted by Crippen LogP contribution is 2.38. The lowest BCUT2D eigenvalue weighted by Crippen LogP contribution is -2.54. The van der Waals surface area contributed by atoms with Crippen LogP contribution in [0.25, 0.3) is 0 Å². The van der Waals surface area contributed by atoms with Crippen molar-refractivity contribution in [3.63, 3.8) is 0 Å². The molecular formula is C14H25N3O. The predicted octanol–water partition coefficient (Wildman–Crippen LogP) is 0.681. The summed E-state index contributed by atoms with van der Waals surface area (Å²) in [6, 6.07) is 0.795. The van der Waals surface area contributed by atoms with Crippen LogP contribution < -0.4 is 5.32 Å². The van der Waals surface area contributed by atoms with E-state index < -0.39 is 0 Å². The highest BCUT2D eigenvalue weighted by Gasteiger charge is 2.41. The van der Waals surface area contributed by atoms with Crippen molar-refractivity contribution >= 4 is 5.91 Å². The second-order valence-corrected chi connectivity index (χ2v) is 6.05. The Kier molecular flexibility index (Phi) is 3.57. The minimum atomic E-state index is 0.179. The van der Waals surface area contributed by atoms with Gasteiger partial charge in [0.15, 0.2) is 0 Å². The summed E-state index contributed by atoms with van der Waals surface area (Å²) in [6.45, 7) is 7.14. The molecule has 2 atom stereocenters. The Balaban J connectivity index is 1.63. The number of nitrogens with one attached hydrogen (secondary N) is 1. The van der Waals surface area contributed by atoms with Crippen molar-refractivity contribution in [3.05, 3.63) is 0 Å². The van der Waals surface area contributed by atoms with Gasteiger partial charge in [-0.3, -0.25) is 9.69 Å². The third-order valence-electron chi connectivity index (χ3n) is 4.84. The Hall–Kier alpha value is -0.610. The van der Waals surface area contributed by atoms with Crippen molar-refractivity contribution < 1.29 is 4.79 Å². The standard InChI is InChI=1S/C14H25N3O/c1-11(12-4-5-12)17-8-2-3-13(17)14(18)16-9-6-15-7-10-16/h11-13,15H,2-10H2,1H3. The number of rotatable bonds is 3. The van der Waals surface area contributed by atoms with Crippen LogP contribution in [0.15, 0.2) is 0 Å². The van der Waals surface area contributed by atoms with Crippen molar-refractivity contribution in [2.24, 2.45) is 5.92 Å². The molecular weight excluding hydrogens is 226 g/mol. The van der Waals surface area contributed by atoms with Crippen molar-refractivity contribution in [3.8, 4) is 0 Å². The minimum Gasteiger partial charge on any atom is -0.339 e. The first-order chi connectivity index (χ1) is 8.77. The maximum absolute atomic E-state index is 12.6. The van der Waals surface area contributed by atoms with Crippen LogP contribution in [0.2, 0.25) is 0 Å². The van der Waals surface area contributed by atoms with Crippen LogP contribution in [0.5, 0.6) is 0 Å². The molecule has 2 saturated heterocycles. The minimum absolute atomic E-state index is 0.179. The first-order valence-corrected chi connectivity index (χ1v) is 7.52. The molecule has 2 unspecified atom stereocenters. The molecule has 3 aliphatic rings. The molecule has 4 nitrogen and oxygen atoms in total. The van der Waals surface area contributed by atoms with E-state index in [0.29, 0.717) is 11.9 Å². The zero-order chi connectivity index (χ0) is 12.5. The maximum atomic E-state index is 12.6. The highest BCUT2D eigenvalue weighted by molar-refractivity contribution is 5.82. The highest BCUT2D eigenvalue weighted by atomic mass is 16.2. The lowest BCUT2D eigenvalue weighted by Gasteiger charge is -2.35. The van der Waals surface area contributed by atoms with E-state index in [1.54, 1.807) is 0 Å². The Morgan fingerprint density at radius 3 is 2.56 bits per heavy atom. The summed E-state index contributed by atoms with van der Waals surface area (Å²) in [5.74, 6) is 1.25. The molecule has 1 amide bonds. The second-order valence-electron chi connectivity index (χ2n) is 6.05. The Morgan fingerprint density at radius 2 is 1.89 bits per heavy atom. The molecule has 3 fully saturated rings. The smallest absolute Gasteiger partial charge is 0.240 e. The largest absolute Gasteiger partial charge is 0.339 e. The molecule has 0 aromatic carbocycles. The lowest BCUT2D eigenvalue weighted by molar-refractivity contribution is -0.137. The molecule has 0 bridgehead atoms. The number of likely N-dealkylation sites (tertiary alicyclic amines) is 1. The molecule has 3 rings (SSSR count). The average Bonchev–Trinajstić information content (AvgIpc) is 3.15. The molecule has 18 heavy (non-hydrogen) atoms. The number of piperazine rings is 1. The quantitative estimate of drug-likeness (QED) is 0.801. The third kappa shape index (κ3) is 2.41. The third-order valence-corrected chi connectivity index (χ3v) is 4.84. The summed E-state index contributed by atoms with van der Waals surface area (Å²) < 4.78 is 0. The molecule has 4 heteroatoms. The van der Waals surface area contributed by atoms with Gasteiger partial charge in [0.2, 0.25) is 5.91 Å². The lowest BCUT2D eigenvalue weighted by atomic mass is 10.1. The van der Waals surface area contributed by atoms with E-state index in [2.05, 4.69) is 22.0 Å². The summed E-state index contributed by atoms with van der Waals surface area (Å²) in [6.07, 6.45) is 5.00. The van der Waals surface area contributed by atoms with Crippen LogP contribution in [-0.4, -0.2) is 60.5 Å².